The van der Waals surface area contributed by atoms with Crippen molar-refractivity contribution >= 4 is 15.7 Å². The van der Waals surface area contributed by atoms with E-state index in [0.29, 0.717) is 12.1 Å². The van der Waals surface area contributed by atoms with Crippen molar-refractivity contribution in [2.75, 3.05) is 11.3 Å². The molecule has 2 aromatic rings. The Bertz CT molecular complexity index is 684. The number of benzene rings is 2. The van der Waals surface area contributed by atoms with Gasteiger partial charge in [-0.05, 0) is 42.3 Å². The van der Waals surface area contributed by atoms with E-state index in [0.717, 1.165) is 11.6 Å². The van der Waals surface area contributed by atoms with Gasteiger partial charge in [0.15, 0.2) is 0 Å². The Morgan fingerprint density at radius 3 is 2.40 bits per heavy atom. The van der Waals surface area contributed by atoms with E-state index >= 15 is 0 Å². The van der Waals surface area contributed by atoms with E-state index in [-0.39, 0.29) is 11.5 Å². The van der Waals surface area contributed by atoms with Crippen LogP contribution in [0.1, 0.15) is 5.56 Å². The molecular formula is C14H14FNO3S. The third-order valence-electron chi connectivity index (χ3n) is 2.71. The molecule has 0 aliphatic heterocycles. The molecule has 2 N–H and O–H groups in total. The van der Waals surface area contributed by atoms with Crippen molar-refractivity contribution < 1.29 is 17.9 Å². The van der Waals surface area contributed by atoms with Gasteiger partial charge in [0.25, 0.3) is 10.0 Å². The molecule has 0 amide bonds. The fraction of sp³-hybridized carbons (Fsp3) is 0.143. The minimum atomic E-state index is -3.80. The van der Waals surface area contributed by atoms with Gasteiger partial charge in [-0.1, -0.05) is 18.2 Å². The second kappa shape index (κ2) is 6.02. The number of hydrogen-bond donors (Lipinski definition) is 2. The minimum absolute atomic E-state index is 0.0361. The molecule has 4 nitrogen and oxygen atoms in total. The second-order valence-corrected chi connectivity index (χ2v) is 5.92. The lowest BCUT2D eigenvalue weighted by Crippen LogP contribution is -2.13. The van der Waals surface area contributed by atoms with E-state index in [1.54, 1.807) is 24.3 Å². The summed E-state index contributed by atoms with van der Waals surface area (Å²) in [6.45, 7) is 0.0361. The average Bonchev–Trinajstić information content (AvgIpc) is 2.41. The van der Waals surface area contributed by atoms with Crippen LogP contribution in [0.15, 0.2) is 53.4 Å². The van der Waals surface area contributed by atoms with E-state index < -0.39 is 15.8 Å². The number of nitrogens with one attached hydrogen (secondary N) is 1. The summed E-state index contributed by atoms with van der Waals surface area (Å²) in [6, 6.07) is 11.5. The quantitative estimate of drug-likeness (QED) is 0.888. The molecule has 0 atom stereocenters. The molecule has 0 heterocycles. The summed E-state index contributed by atoms with van der Waals surface area (Å²) in [4.78, 5) is -0.128. The Hall–Kier alpha value is -1.92. The summed E-state index contributed by atoms with van der Waals surface area (Å²) >= 11 is 0. The first kappa shape index (κ1) is 14.5. The predicted molar refractivity (Wildman–Crippen MR) is 74.4 cm³/mol. The molecule has 106 valence electrons. The van der Waals surface area contributed by atoms with Crippen molar-refractivity contribution in [1.82, 2.24) is 0 Å². The molecule has 0 radical (unpaired) electrons. The molecule has 0 aliphatic carbocycles. The van der Waals surface area contributed by atoms with Crippen LogP contribution in [0.5, 0.6) is 0 Å². The topological polar surface area (TPSA) is 66.4 Å². The van der Waals surface area contributed by atoms with Crippen LogP contribution in [0.4, 0.5) is 10.1 Å². The summed E-state index contributed by atoms with van der Waals surface area (Å²) in [6.07, 6.45) is 0.511. The first-order chi connectivity index (χ1) is 9.51. The van der Waals surface area contributed by atoms with Gasteiger partial charge in [0, 0.05) is 12.3 Å². The molecular weight excluding hydrogens is 281 g/mol. The van der Waals surface area contributed by atoms with E-state index in [1.807, 2.05) is 0 Å². The van der Waals surface area contributed by atoms with Crippen LogP contribution in [0.3, 0.4) is 0 Å². The lowest BCUT2D eigenvalue weighted by atomic mass is 10.1. The summed E-state index contributed by atoms with van der Waals surface area (Å²) in [5.74, 6) is -0.605. The maximum Gasteiger partial charge on any atom is 0.261 e. The van der Waals surface area contributed by atoms with Crippen molar-refractivity contribution in [2.45, 2.75) is 11.3 Å². The first-order valence-corrected chi connectivity index (χ1v) is 7.48. The fourth-order valence-corrected chi connectivity index (χ4v) is 2.81. The molecule has 6 heteroatoms. The predicted octanol–water partition coefficient (Wildman–Crippen LogP) is 2.16. The van der Waals surface area contributed by atoms with E-state index in [4.69, 9.17) is 5.11 Å². The number of aliphatic hydroxyl groups is 1. The normalized spacial score (nSPS) is 11.3. The van der Waals surface area contributed by atoms with E-state index in [1.165, 1.54) is 18.2 Å². The van der Waals surface area contributed by atoms with Gasteiger partial charge in [-0.2, -0.15) is 0 Å². The van der Waals surface area contributed by atoms with Crippen LogP contribution < -0.4 is 4.72 Å². The Balaban J connectivity index is 2.20. The third-order valence-corrected chi connectivity index (χ3v) is 4.09. The molecule has 0 aliphatic rings. The molecule has 20 heavy (non-hydrogen) atoms. The van der Waals surface area contributed by atoms with Gasteiger partial charge in [-0.15, -0.1) is 0 Å². The zero-order valence-electron chi connectivity index (χ0n) is 10.6. The van der Waals surface area contributed by atoms with Crippen LogP contribution in [0, 0.1) is 5.82 Å². The van der Waals surface area contributed by atoms with Gasteiger partial charge >= 0.3 is 0 Å². The fourth-order valence-electron chi connectivity index (χ4n) is 1.72. The van der Waals surface area contributed by atoms with Crippen LogP contribution in [0.2, 0.25) is 0 Å². The number of anilines is 1. The summed E-state index contributed by atoms with van der Waals surface area (Å²) < 4.78 is 39.5. The van der Waals surface area contributed by atoms with Crippen molar-refractivity contribution in [3.8, 4) is 0 Å². The maximum absolute atomic E-state index is 13.1. The Kier molecular flexibility index (Phi) is 4.36. The molecule has 2 rings (SSSR count). The van der Waals surface area contributed by atoms with Gasteiger partial charge < -0.3 is 5.11 Å². The standard InChI is InChI=1S/C14H14FNO3S/c15-12-2-1-3-14(10-12)20(18,19)16-13-6-4-11(5-7-13)8-9-17/h1-7,10,16-17H,8-9H2. The molecule has 0 saturated heterocycles. The summed E-state index contributed by atoms with van der Waals surface area (Å²) in [7, 11) is -3.80. The lowest BCUT2D eigenvalue weighted by Gasteiger charge is -2.08. The van der Waals surface area contributed by atoms with Crippen molar-refractivity contribution in [3.63, 3.8) is 0 Å². The van der Waals surface area contributed by atoms with Gasteiger partial charge in [0.05, 0.1) is 4.90 Å². The number of aliphatic hydroxyl groups excluding tert-OH is 1. The maximum atomic E-state index is 13.1. The molecule has 2 aromatic carbocycles. The number of rotatable bonds is 5. The van der Waals surface area contributed by atoms with Crippen molar-refractivity contribution in [1.29, 1.82) is 0 Å². The molecule has 0 bridgehead atoms. The zero-order chi connectivity index (χ0) is 14.6. The van der Waals surface area contributed by atoms with Gasteiger partial charge in [0.1, 0.15) is 5.82 Å². The lowest BCUT2D eigenvalue weighted by molar-refractivity contribution is 0.299. The molecule has 0 saturated carbocycles. The van der Waals surface area contributed by atoms with Crippen molar-refractivity contribution in [2.24, 2.45) is 0 Å². The first-order valence-electron chi connectivity index (χ1n) is 5.99. The number of hydrogen-bond acceptors (Lipinski definition) is 3. The second-order valence-electron chi connectivity index (χ2n) is 4.23. The average molecular weight is 295 g/mol. The SMILES string of the molecule is O=S(=O)(Nc1ccc(CCO)cc1)c1cccc(F)c1. The Morgan fingerprint density at radius 2 is 1.80 bits per heavy atom. The van der Waals surface area contributed by atoms with Crippen molar-refractivity contribution in [3.05, 3.63) is 59.9 Å². The van der Waals surface area contributed by atoms with Crippen LogP contribution in [-0.4, -0.2) is 20.1 Å². The van der Waals surface area contributed by atoms with Gasteiger partial charge in [0.2, 0.25) is 0 Å². The Morgan fingerprint density at radius 1 is 1.10 bits per heavy atom. The molecule has 0 unspecified atom stereocenters. The monoisotopic (exact) mass is 295 g/mol. The Labute approximate surface area is 116 Å². The largest absolute Gasteiger partial charge is 0.396 e. The zero-order valence-corrected chi connectivity index (χ0v) is 11.4. The number of sulfonamides is 1. The van der Waals surface area contributed by atoms with E-state index in [2.05, 4.69) is 4.72 Å². The van der Waals surface area contributed by atoms with Crippen LogP contribution in [0.25, 0.3) is 0 Å². The van der Waals surface area contributed by atoms with Crippen LogP contribution >= 0.6 is 0 Å². The molecule has 0 spiro atoms. The summed E-state index contributed by atoms with van der Waals surface area (Å²) in [5, 5.41) is 8.80. The highest BCUT2D eigenvalue weighted by atomic mass is 32.2. The summed E-state index contributed by atoms with van der Waals surface area (Å²) in [5.41, 5.74) is 1.29. The van der Waals surface area contributed by atoms with Gasteiger partial charge in [-0.25, -0.2) is 12.8 Å². The smallest absolute Gasteiger partial charge is 0.261 e. The molecule has 0 aromatic heterocycles. The van der Waals surface area contributed by atoms with Gasteiger partial charge in [-0.3, -0.25) is 4.72 Å². The minimum Gasteiger partial charge on any atom is -0.396 e. The highest BCUT2D eigenvalue weighted by Crippen LogP contribution is 2.17. The third kappa shape index (κ3) is 3.55. The van der Waals surface area contributed by atoms with E-state index in [9.17, 15) is 12.8 Å². The molecule has 0 fully saturated rings. The number of halogens is 1. The highest BCUT2D eigenvalue weighted by Gasteiger charge is 2.14. The highest BCUT2D eigenvalue weighted by molar-refractivity contribution is 7.92. The van der Waals surface area contributed by atoms with Crippen LogP contribution in [-0.2, 0) is 16.4 Å².